The molecular weight excluding hydrogens is 400 g/mol. The summed E-state index contributed by atoms with van der Waals surface area (Å²) in [6.07, 6.45) is 1.78. The molecule has 0 radical (unpaired) electrons. The van der Waals surface area contributed by atoms with E-state index in [0.717, 1.165) is 5.56 Å². The summed E-state index contributed by atoms with van der Waals surface area (Å²) in [7, 11) is -3.74. The summed E-state index contributed by atoms with van der Waals surface area (Å²) < 4.78 is 29.5. The lowest BCUT2D eigenvalue weighted by Gasteiger charge is -2.20. The fourth-order valence-corrected chi connectivity index (χ4v) is 4.39. The molecule has 3 rings (SSSR count). The summed E-state index contributed by atoms with van der Waals surface area (Å²) >= 11 is 0. The van der Waals surface area contributed by atoms with Gasteiger partial charge >= 0.3 is 0 Å². The van der Waals surface area contributed by atoms with Crippen LogP contribution in [0.25, 0.3) is 0 Å². The molecule has 0 aliphatic heterocycles. The normalized spacial score (nSPS) is 12.0. The molecule has 0 spiro atoms. The summed E-state index contributed by atoms with van der Waals surface area (Å²) in [6.45, 7) is 7.63. The van der Waals surface area contributed by atoms with Crippen molar-refractivity contribution in [3.63, 3.8) is 0 Å². The van der Waals surface area contributed by atoms with Crippen molar-refractivity contribution < 1.29 is 13.2 Å². The maximum atomic E-state index is 12.8. The van der Waals surface area contributed by atoms with Crippen molar-refractivity contribution in [3.8, 4) is 0 Å². The number of anilines is 1. The Bertz CT molecular complexity index is 1150. The van der Waals surface area contributed by atoms with Gasteiger partial charge in [0.2, 0.25) is 10.0 Å². The number of aryl methyl sites for hydroxylation is 1. The van der Waals surface area contributed by atoms with Gasteiger partial charge in [0.15, 0.2) is 5.82 Å². The third kappa shape index (κ3) is 5.55. The number of hydrogen-bond donors (Lipinski definition) is 2. The van der Waals surface area contributed by atoms with Crippen LogP contribution in [-0.2, 0) is 16.6 Å². The summed E-state index contributed by atoms with van der Waals surface area (Å²) in [5, 5.41) is 7.12. The number of hydrogen-bond acceptors (Lipinski definition) is 4. The summed E-state index contributed by atoms with van der Waals surface area (Å²) in [4.78, 5) is 12.8. The standard InChI is InChI=1S/C22H26N4O3S/c1-16-10-11-18(30(28,29)25-22(2,3)4)14-19(16)21(27)23-20-12-13-26(24-20)15-17-8-6-5-7-9-17/h5-14,25H,15H2,1-4H3,(H,23,24,27). The number of amides is 1. The third-order valence-corrected chi connectivity index (χ3v) is 6.03. The second-order valence-corrected chi connectivity index (χ2v) is 9.85. The fourth-order valence-electron chi connectivity index (χ4n) is 2.95. The van der Waals surface area contributed by atoms with Crippen LogP contribution < -0.4 is 10.0 Å². The van der Waals surface area contributed by atoms with Gasteiger partial charge in [-0.05, 0) is 51.0 Å². The van der Waals surface area contributed by atoms with Gasteiger partial charge in [-0.1, -0.05) is 36.4 Å². The predicted octanol–water partition coefficient (Wildman–Crippen LogP) is 3.57. The molecular formula is C22H26N4O3S. The average molecular weight is 427 g/mol. The van der Waals surface area contributed by atoms with Crippen LogP contribution in [0.2, 0.25) is 0 Å². The molecule has 1 amide bonds. The van der Waals surface area contributed by atoms with Gasteiger partial charge in [0.05, 0.1) is 11.4 Å². The number of nitrogens with one attached hydrogen (secondary N) is 2. The van der Waals surface area contributed by atoms with E-state index in [1.54, 1.807) is 50.7 Å². The van der Waals surface area contributed by atoms with Crippen molar-refractivity contribution in [3.05, 3.63) is 77.5 Å². The Labute approximate surface area is 177 Å². The number of benzene rings is 2. The Morgan fingerprint density at radius 1 is 1.07 bits per heavy atom. The zero-order valence-electron chi connectivity index (χ0n) is 17.5. The van der Waals surface area contributed by atoms with Gasteiger partial charge in [0, 0.05) is 23.4 Å². The highest BCUT2D eigenvalue weighted by Gasteiger charge is 2.23. The van der Waals surface area contributed by atoms with Crippen LogP contribution in [0.1, 0.15) is 42.3 Å². The zero-order valence-corrected chi connectivity index (χ0v) is 18.3. The van der Waals surface area contributed by atoms with Gasteiger partial charge in [-0.15, -0.1) is 0 Å². The maximum absolute atomic E-state index is 12.8. The van der Waals surface area contributed by atoms with E-state index in [1.807, 2.05) is 30.3 Å². The highest BCUT2D eigenvalue weighted by atomic mass is 32.2. The Balaban J connectivity index is 1.77. The summed E-state index contributed by atoms with van der Waals surface area (Å²) in [5.74, 6) is -0.0123. The second-order valence-electron chi connectivity index (χ2n) is 8.17. The van der Waals surface area contributed by atoms with E-state index in [1.165, 1.54) is 12.1 Å². The number of carbonyl (C=O) groups is 1. The molecule has 1 heterocycles. The quantitative estimate of drug-likeness (QED) is 0.630. The molecule has 0 saturated carbocycles. The minimum absolute atomic E-state index is 0.0442. The summed E-state index contributed by atoms with van der Waals surface area (Å²) in [5.41, 5.74) is 1.42. The minimum Gasteiger partial charge on any atom is -0.305 e. The van der Waals surface area contributed by atoms with Crippen molar-refractivity contribution in [2.75, 3.05) is 5.32 Å². The monoisotopic (exact) mass is 426 g/mol. The molecule has 2 aromatic carbocycles. The number of nitrogens with zero attached hydrogens (tertiary/aromatic N) is 2. The van der Waals surface area contributed by atoms with Crippen LogP contribution in [0.3, 0.4) is 0 Å². The highest BCUT2D eigenvalue weighted by molar-refractivity contribution is 7.89. The lowest BCUT2D eigenvalue weighted by molar-refractivity contribution is 0.102. The Hall–Kier alpha value is -2.97. The molecule has 0 atom stereocenters. The number of aromatic nitrogens is 2. The molecule has 0 fully saturated rings. The van der Waals surface area contributed by atoms with Crippen LogP contribution in [0, 0.1) is 6.92 Å². The lowest BCUT2D eigenvalue weighted by atomic mass is 10.1. The molecule has 8 heteroatoms. The Morgan fingerprint density at radius 2 is 1.77 bits per heavy atom. The van der Waals surface area contributed by atoms with E-state index in [0.29, 0.717) is 17.9 Å². The molecule has 7 nitrogen and oxygen atoms in total. The molecule has 0 aliphatic rings. The third-order valence-electron chi connectivity index (χ3n) is 4.27. The van der Waals surface area contributed by atoms with Crippen LogP contribution in [0.5, 0.6) is 0 Å². The fraction of sp³-hybridized carbons (Fsp3) is 0.273. The molecule has 0 aliphatic carbocycles. The highest BCUT2D eigenvalue weighted by Crippen LogP contribution is 2.19. The van der Waals surface area contributed by atoms with Gasteiger partial charge in [-0.25, -0.2) is 13.1 Å². The van der Waals surface area contributed by atoms with E-state index in [2.05, 4.69) is 15.1 Å². The predicted molar refractivity (Wildman–Crippen MR) is 117 cm³/mol. The lowest BCUT2D eigenvalue weighted by Crippen LogP contribution is -2.40. The second kappa shape index (κ2) is 8.41. The van der Waals surface area contributed by atoms with Gasteiger partial charge in [0.1, 0.15) is 0 Å². The van der Waals surface area contributed by atoms with Gasteiger partial charge < -0.3 is 5.32 Å². The van der Waals surface area contributed by atoms with Crippen LogP contribution >= 0.6 is 0 Å². The van der Waals surface area contributed by atoms with E-state index < -0.39 is 21.5 Å². The van der Waals surface area contributed by atoms with E-state index in [-0.39, 0.29) is 10.5 Å². The van der Waals surface area contributed by atoms with E-state index >= 15 is 0 Å². The zero-order chi connectivity index (χ0) is 21.9. The van der Waals surface area contributed by atoms with Gasteiger partial charge in [-0.2, -0.15) is 5.10 Å². The Morgan fingerprint density at radius 3 is 2.43 bits per heavy atom. The molecule has 1 aromatic heterocycles. The van der Waals surface area contributed by atoms with Crippen molar-refractivity contribution in [1.82, 2.24) is 14.5 Å². The minimum atomic E-state index is -3.74. The van der Waals surface area contributed by atoms with Crippen LogP contribution in [0.15, 0.2) is 65.7 Å². The average Bonchev–Trinajstić information content (AvgIpc) is 3.07. The molecule has 3 aromatic rings. The van der Waals surface area contributed by atoms with Crippen LogP contribution in [0.4, 0.5) is 5.82 Å². The topological polar surface area (TPSA) is 93.1 Å². The molecule has 0 saturated heterocycles. The van der Waals surface area contributed by atoms with Crippen molar-refractivity contribution >= 4 is 21.7 Å². The summed E-state index contributed by atoms with van der Waals surface area (Å²) in [6, 6.07) is 16.1. The maximum Gasteiger partial charge on any atom is 0.257 e. The number of sulfonamides is 1. The van der Waals surface area contributed by atoms with Crippen molar-refractivity contribution in [2.24, 2.45) is 0 Å². The first-order valence-electron chi connectivity index (χ1n) is 9.57. The molecule has 0 unspecified atom stereocenters. The van der Waals surface area contributed by atoms with Crippen LogP contribution in [-0.4, -0.2) is 29.6 Å². The largest absolute Gasteiger partial charge is 0.305 e. The Kier molecular flexibility index (Phi) is 6.09. The van der Waals surface area contributed by atoms with Crippen molar-refractivity contribution in [2.45, 2.75) is 44.7 Å². The SMILES string of the molecule is Cc1ccc(S(=O)(=O)NC(C)(C)C)cc1C(=O)Nc1ccn(Cc2ccccc2)n1. The smallest absolute Gasteiger partial charge is 0.257 e. The van der Waals surface area contributed by atoms with Gasteiger partial charge in [0.25, 0.3) is 5.91 Å². The number of carbonyl (C=O) groups excluding carboxylic acids is 1. The van der Waals surface area contributed by atoms with E-state index in [9.17, 15) is 13.2 Å². The molecule has 158 valence electrons. The van der Waals surface area contributed by atoms with E-state index in [4.69, 9.17) is 0 Å². The van der Waals surface area contributed by atoms with Gasteiger partial charge in [-0.3, -0.25) is 9.48 Å². The molecule has 2 N–H and O–H groups in total. The first-order chi connectivity index (χ1) is 14.0. The molecule has 30 heavy (non-hydrogen) atoms. The number of rotatable bonds is 6. The molecule has 0 bridgehead atoms. The first kappa shape index (κ1) is 21.7. The van der Waals surface area contributed by atoms with Crippen molar-refractivity contribution in [1.29, 1.82) is 0 Å². The first-order valence-corrected chi connectivity index (χ1v) is 11.1.